The van der Waals surface area contributed by atoms with Crippen molar-refractivity contribution < 1.29 is 9.47 Å². The lowest BCUT2D eigenvalue weighted by Gasteiger charge is -2.15. The van der Waals surface area contributed by atoms with Crippen LogP contribution in [0.4, 0.5) is 5.69 Å². The number of nitrogens with one attached hydrogen (secondary N) is 1. The zero-order chi connectivity index (χ0) is 20.1. The minimum Gasteiger partial charge on any atom is -0.493 e. The Hall–Kier alpha value is -1.78. The second kappa shape index (κ2) is 9.62. The smallest absolute Gasteiger partial charge is 0.180 e. The quantitative estimate of drug-likeness (QED) is 0.399. The van der Waals surface area contributed by atoms with Crippen LogP contribution < -0.4 is 14.8 Å². The van der Waals surface area contributed by atoms with Crippen LogP contribution >= 0.6 is 46.4 Å². The SMILES string of the molecule is COc1cc(CNc2ccc(Cl)cc2Cl)cc(Cl)c1OCc1ccccc1Cl. The van der Waals surface area contributed by atoms with Crippen molar-refractivity contribution in [2.75, 3.05) is 12.4 Å². The van der Waals surface area contributed by atoms with Gasteiger partial charge in [0.1, 0.15) is 6.61 Å². The van der Waals surface area contributed by atoms with Gasteiger partial charge >= 0.3 is 0 Å². The Morgan fingerprint density at radius 2 is 1.64 bits per heavy atom. The highest BCUT2D eigenvalue weighted by molar-refractivity contribution is 6.36. The maximum absolute atomic E-state index is 6.44. The lowest BCUT2D eigenvalue weighted by molar-refractivity contribution is 0.284. The molecule has 3 aromatic rings. The maximum atomic E-state index is 6.44. The summed E-state index contributed by atoms with van der Waals surface area (Å²) in [7, 11) is 1.57. The fourth-order valence-electron chi connectivity index (χ4n) is 2.61. The van der Waals surface area contributed by atoms with Crippen LogP contribution in [0.15, 0.2) is 54.6 Å². The second-order valence-corrected chi connectivity index (χ2v) is 7.62. The standard InChI is InChI=1S/C21H17Cl4NO2/c1-27-20-9-13(11-26-19-7-6-15(22)10-17(19)24)8-18(25)21(20)28-12-14-4-2-3-5-16(14)23/h2-10,26H,11-12H2,1H3. The molecule has 0 aliphatic heterocycles. The number of rotatable bonds is 7. The summed E-state index contributed by atoms with van der Waals surface area (Å²) in [4.78, 5) is 0. The lowest BCUT2D eigenvalue weighted by atomic mass is 10.2. The van der Waals surface area contributed by atoms with E-state index in [1.807, 2.05) is 42.5 Å². The van der Waals surface area contributed by atoms with Gasteiger partial charge in [0.15, 0.2) is 11.5 Å². The summed E-state index contributed by atoms with van der Waals surface area (Å²) in [6.07, 6.45) is 0. The van der Waals surface area contributed by atoms with Crippen LogP contribution in [0.2, 0.25) is 20.1 Å². The van der Waals surface area contributed by atoms with Crippen molar-refractivity contribution in [2.24, 2.45) is 0 Å². The molecule has 28 heavy (non-hydrogen) atoms. The van der Waals surface area contributed by atoms with Crippen LogP contribution in [0.25, 0.3) is 0 Å². The van der Waals surface area contributed by atoms with E-state index in [-0.39, 0.29) is 6.61 Å². The second-order valence-electron chi connectivity index (χ2n) is 5.97. The van der Waals surface area contributed by atoms with Gasteiger partial charge in [-0.15, -0.1) is 0 Å². The summed E-state index contributed by atoms with van der Waals surface area (Å²) >= 11 is 24.7. The van der Waals surface area contributed by atoms with Crippen LogP contribution in [0.1, 0.15) is 11.1 Å². The molecule has 0 atom stereocenters. The molecule has 0 spiro atoms. The summed E-state index contributed by atoms with van der Waals surface area (Å²) in [6.45, 7) is 0.788. The molecule has 0 aromatic heterocycles. The van der Waals surface area contributed by atoms with E-state index in [2.05, 4.69) is 5.32 Å². The first-order chi connectivity index (χ1) is 13.5. The number of hydrogen-bond donors (Lipinski definition) is 1. The third kappa shape index (κ3) is 5.18. The highest BCUT2D eigenvalue weighted by Gasteiger charge is 2.13. The Morgan fingerprint density at radius 1 is 0.857 bits per heavy atom. The Kier molecular flexibility index (Phi) is 7.19. The fraction of sp³-hybridized carbons (Fsp3) is 0.143. The van der Waals surface area contributed by atoms with Gasteiger partial charge in [-0.2, -0.15) is 0 Å². The number of hydrogen-bond acceptors (Lipinski definition) is 3. The van der Waals surface area contributed by atoms with Crippen LogP contribution in [0.3, 0.4) is 0 Å². The highest BCUT2D eigenvalue weighted by atomic mass is 35.5. The van der Waals surface area contributed by atoms with E-state index in [9.17, 15) is 0 Å². The normalized spacial score (nSPS) is 10.6. The minimum atomic E-state index is 0.285. The summed E-state index contributed by atoms with van der Waals surface area (Å²) < 4.78 is 11.3. The first-order valence-electron chi connectivity index (χ1n) is 8.39. The number of anilines is 1. The van der Waals surface area contributed by atoms with Crippen molar-refractivity contribution in [1.29, 1.82) is 0 Å². The molecule has 3 nitrogen and oxygen atoms in total. The molecule has 3 rings (SSSR count). The topological polar surface area (TPSA) is 30.5 Å². The van der Waals surface area contributed by atoms with Crippen molar-refractivity contribution in [2.45, 2.75) is 13.2 Å². The van der Waals surface area contributed by atoms with Crippen LogP contribution in [0.5, 0.6) is 11.5 Å². The Balaban J connectivity index is 1.74. The molecular weight excluding hydrogens is 440 g/mol. The number of methoxy groups -OCH3 is 1. The maximum Gasteiger partial charge on any atom is 0.180 e. The summed E-state index contributed by atoms with van der Waals surface area (Å²) in [5.41, 5.74) is 2.56. The first kappa shape index (κ1) is 20.9. The molecule has 0 radical (unpaired) electrons. The summed E-state index contributed by atoms with van der Waals surface area (Å²) in [6, 6.07) is 16.5. The van der Waals surface area contributed by atoms with Gasteiger partial charge < -0.3 is 14.8 Å². The first-order valence-corrected chi connectivity index (χ1v) is 9.90. The van der Waals surface area contributed by atoms with E-state index in [0.29, 0.717) is 38.1 Å². The molecule has 0 aliphatic rings. The molecular formula is C21H17Cl4NO2. The predicted molar refractivity (Wildman–Crippen MR) is 118 cm³/mol. The summed E-state index contributed by atoms with van der Waals surface area (Å²) in [5, 5.41) is 5.47. The molecule has 0 saturated heterocycles. The Labute approximate surface area is 184 Å². The molecule has 3 aromatic carbocycles. The van der Waals surface area contributed by atoms with Gasteiger partial charge in [-0.25, -0.2) is 0 Å². The molecule has 0 aliphatic carbocycles. The van der Waals surface area contributed by atoms with Gasteiger partial charge in [-0.05, 0) is 42.0 Å². The van der Waals surface area contributed by atoms with E-state index < -0.39 is 0 Å². The largest absolute Gasteiger partial charge is 0.493 e. The molecule has 0 heterocycles. The van der Waals surface area contributed by atoms with Crippen LogP contribution in [0, 0.1) is 0 Å². The Bertz CT molecular complexity index is 979. The summed E-state index contributed by atoms with van der Waals surface area (Å²) in [5.74, 6) is 1.01. The van der Waals surface area contributed by atoms with Crippen LogP contribution in [-0.2, 0) is 13.2 Å². The zero-order valence-electron chi connectivity index (χ0n) is 14.9. The van der Waals surface area contributed by atoms with E-state index in [0.717, 1.165) is 16.8 Å². The highest BCUT2D eigenvalue weighted by Crippen LogP contribution is 2.37. The predicted octanol–water partition coefficient (Wildman–Crippen LogP) is 7.50. The molecule has 0 unspecified atom stereocenters. The van der Waals surface area contributed by atoms with Crippen molar-refractivity contribution in [3.8, 4) is 11.5 Å². The minimum absolute atomic E-state index is 0.285. The molecule has 0 bridgehead atoms. The lowest BCUT2D eigenvalue weighted by Crippen LogP contribution is -2.03. The molecule has 1 N–H and O–H groups in total. The average Bonchev–Trinajstić information content (AvgIpc) is 2.67. The van der Waals surface area contributed by atoms with Gasteiger partial charge in [0.05, 0.1) is 22.8 Å². The molecule has 0 fully saturated rings. The monoisotopic (exact) mass is 455 g/mol. The van der Waals surface area contributed by atoms with Gasteiger partial charge in [-0.3, -0.25) is 0 Å². The average molecular weight is 457 g/mol. The van der Waals surface area contributed by atoms with E-state index in [1.165, 1.54) is 0 Å². The van der Waals surface area contributed by atoms with Gasteiger partial charge in [-0.1, -0.05) is 64.6 Å². The van der Waals surface area contributed by atoms with Crippen LogP contribution in [-0.4, -0.2) is 7.11 Å². The van der Waals surface area contributed by atoms with Gasteiger partial charge in [0, 0.05) is 22.2 Å². The van der Waals surface area contributed by atoms with Crippen molar-refractivity contribution in [1.82, 2.24) is 0 Å². The number of benzene rings is 3. The molecule has 7 heteroatoms. The molecule has 0 amide bonds. The zero-order valence-corrected chi connectivity index (χ0v) is 18.0. The van der Waals surface area contributed by atoms with Crippen molar-refractivity contribution >= 4 is 52.1 Å². The van der Waals surface area contributed by atoms with E-state index in [1.54, 1.807) is 19.2 Å². The van der Waals surface area contributed by atoms with E-state index >= 15 is 0 Å². The van der Waals surface area contributed by atoms with Crippen molar-refractivity contribution in [3.63, 3.8) is 0 Å². The van der Waals surface area contributed by atoms with E-state index in [4.69, 9.17) is 55.9 Å². The van der Waals surface area contributed by atoms with Gasteiger partial charge in [0.25, 0.3) is 0 Å². The molecule has 146 valence electrons. The molecule has 0 saturated carbocycles. The third-order valence-electron chi connectivity index (χ3n) is 4.03. The third-order valence-corrected chi connectivity index (χ3v) is 5.23. The fourth-order valence-corrected chi connectivity index (χ4v) is 3.56. The number of ether oxygens (including phenoxy) is 2. The van der Waals surface area contributed by atoms with Crippen molar-refractivity contribution in [3.05, 3.63) is 85.8 Å². The Morgan fingerprint density at radius 3 is 2.36 bits per heavy atom. The van der Waals surface area contributed by atoms with Gasteiger partial charge in [0.2, 0.25) is 0 Å². The number of halogens is 4.